The standard InChI is InChI=1S/C18H23NO2/c1-3-11-21-18-10-5-4-9-17(18)19-13-15-7-6-8-16(12-15)14-20-2/h4-10,12,19H,3,11,13-14H2,1-2H3. The first kappa shape index (κ1) is 15.4. The second-order valence-corrected chi connectivity index (χ2v) is 4.95. The molecular weight excluding hydrogens is 262 g/mol. The maximum absolute atomic E-state index is 5.75. The highest BCUT2D eigenvalue weighted by Crippen LogP contribution is 2.24. The topological polar surface area (TPSA) is 30.5 Å². The summed E-state index contributed by atoms with van der Waals surface area (Å²) in [4.78, 5) is 0. The van der Waals surface area contributed by atoms with Gasteiger partial charge in [-0.15, -0.1) is 0 Å². The van der Waals surface area contributed by atoms with Crippen LogP contribution in [0.1, 0.15) is 24.5 Å². The van der Waals surface area contributed by atoms with Gasteiger partial charge in [0.25, 0.3) is 0 Å². The van der Waals surface area contributed by atoms with Gasteiger partial charge in [0.2, 0.25) is 0 Å². The molecule has 1 N–H and O–H groups in total. The average Bonchev–Trinajstić information content (AvgIpc) is 2.52. The van der Waals surface area contributed by atoms with Crippen LogP contribution in [0.3, 0.4) is 0 Å². The number of hydrogen-bond donors (Lipinski definition) is 1. The first-order chi connectivity index (χ1) is 10.3. The number of para-hydroxylation sites is 2. The van der Waals surface area contributed by atoms with Crippen molar-refractivity contribution in [2.75, 3.05) is 19.0 Å². The van der Waals surface area contributed by atoms with Gasteiger partial charge >= 0.3 is 0 Å². The summed E-state index contributed by atoms with van der Waals surface area (Å²) in [6.07, 6.45) is 1.01. The fourth-order valence-electron chi connectivity index (χ4n) is 2.14. The Labute approximate surface area is 126 Å². The lowest BCUT2D eigenvalue weighted by Gasteiger charge is -2.13. The number of rotatable bonds is 8. The van der Waals surface area contributed by atoms with Crippen molar-refractivity contribution < 1.29 is 9.47 Å². The molecule has 0 bridgehead atoms. The van der Waals surface area contributed by atoms with Crippen molar-refractivity contribution in [3.8, 4) is 5.75 Å². The van der Waals surface area contributed by atoms with E-state index in [0.29, 0.717) is 6.61 Å². The molecule has 3 nitrogen and oxygen atoms in total. The number of benzene rings is 2. The van der Waals surface area contributed by atoms with Crippen LogP contribution in [-0.4, -0.2) is 13.7 Å². The Morgan fingerprint density at radius 2 is 1.81 bits per heavy atom. The summed E-state index contributed by atoms with van der Waals surface area (Å²) in [7, 11) is 1.71. The second kappa shape index (κ2) is 8.32. The van der Waals surface area contributed by atoms with Gasteiger partial charge in [0, 0.05) is 13.7 Å². The molecule has 0 atom stereocenters. The fourth-order valence-corrected chi connectivity index (χ4v) is 2.14. The molecule has 2 rings (SSSR count). The van der Waals surface area contributed by atoms with E-state index < -0.39 is 0 Å². The molecule has 0 heterocycles. The molecular formula is C18H23NO2. The van der Waals surface area contributed by atoms with E-state index in [1.165, 1.54) is 11.1 Å². The van der Waals surface area contributed by atoms with E-state index in [0.717, 1.165) is 31.0 Å². The molecule has 0 unspecified atom stereocenters. The van der Waals surface area contributed by atoms with Crippen molar-refractivity contribution in [1.29, 1.82) is 0 Å². The number of hydrogen-bond acceptors (Lipinski definition) is 3. The van der Waals surface area contributed by atoms with Crippen LogP contribution in [-0.2, 0) is 17.9 Å². The number of ether oxygens (including phenoxy) is 2. The zero-order valence-electron chi connectivity index (χ0n) is 12.8. The Bertz CT molecular complexity index is 554. The van der Waals surface area contributed by atoms with Crippen molar-refractivity contribution in [2.45, 2.75) is 26.5 Å². The normalized spacial score (nSPS) is 10.4. The molecule has 21 heavy (non-hydrogen) atoms. The lowest BCUT2D eigenvalue weighted by molar-refractivity contribution is 0.185. The maximum Gasteiger partial charge on any atom is 0.142 e. The van der Waals surface area contributed by atoms with Crippen LogP contribution in [0.25, 0.3) is 0 Å². The van der Waals surface area contributed by atoms with E-state index in [-0.39, 0.29) is 0 Å². The molecule has 3 heteroatoms. The molecule has 0 aliphatic rings. The zero-order chi connectivity index (χ0) is 14.9. The van der Waals surface area contributed by atoms with Gasteiger partial charge in [0.1, 0.15) is 5.75 Å². The van der Waals surface area contributed by atoms with Gasteiger partial charge in [-0.2, -0.15) is 0 Å². The van der Waals surface area contributed by atoms with E-state index in [2.05, 4.69) is 36.5 Å². The van der Waals surface area contributed by atoms with Crippen LogP contribution < -0.4 is 10.1 Å². The molecule has 0 aliphatic carbocycles. The number of nitrogens with one attached hydrogen (secondary N) is 1. The molecule has 0 amide bonds. The molecule has 0 saturated carbocycles. The van der Waals surface area contributed by atoms with Gasteiger partial charge in [-0.25, -0.2) is 0 Å². The monoisotopic (exact) mass is 285 g/mol. The summed E-state index contributed by atoms with van der Waals surface area (Å²) in [5.74, 6) is 0.910. The molecule has 0 spiro atoms. The third-order valence-corrected chi connectivity index (χ3v) is 3.13. The summed E-state index contributed by atoms with van der Waals surface area (Å²) in [5.41, 5.74) is 3.45. The molecule has 0 aromatic heterocycles. The van der Waals surface area contributed by atoms with Crippen LogP contribution in [0.2, 0.25) is 0 Å². The predicted octanol–water partition coefficient (Wildman–Crippen LogP) is 4.23. The predicted molar refractivity (Wildman–Crippen MR) is 86.7 cm³/mol. The zero-order valence-corrected chi connectivity index (χ0v) is 12.8. The molecule has 2 aromatic rings. The number of methoxy groups -OCH3 is 1. The highest BCUT2D eigenvalue weighted by molar-refractivity contribution is 5.56. The second-order valence-electron chi connectivity index (χ2n) is 4.95. The van der Waals surface area contributed by atoms with Crippen molar-refractivity contribution in [3.05, 3.63) is 59.7 Å². The maximum atomic E-state index is 5.75. The average molecular weight is 285 g/mol. The Kier molecular flexibility index (Phi) is 6.10. The van der Waals surface area contributed by atoms with Crippen LogP contribution >= 0.6 is 0 Å². The van der Waals surface area contributed by atoms with Crippen molar-refractivity contribution in [1.82, 2.24) is 0 Å². The minimum Gasteiger partial charge on any atom is -0.491 e. The minimum absolute atomic E-state index is 0.643. The van der Waals surface area contributed by atoms with Crippen molar-refractivity contribution in [3.63, 3.8) is 0 Å². The third-order valence-electron chi connectivity index (χ3n) is 3.13. The molecule has 0 radical (unpaired) electrons. The molecule has 2 aromatic carbocycles. The van der Waals surface area contributed by atoms with E-state index in [1.54, 1.807) is 7.11 Å². The molecule has 0 aliphatic heterocycles. The first-order valence-electron chi connectivity index (χ1n) is 7.36. The summed E-state index contributed by atoms with van der Waals surface area (Å²) in [6, 6.07) is 16.5. The van der Waals surface area contributed by atoms with Gasteiger partial charge < -0.3 is 14.8 Å². The molecule has 0 saturated heterocycles. The smallest absolute Gasteiger partial charge is 0.142 e. The van der Waals surface area contributed by atoms with E-state index in [9.17, 15) is 0 Å². The van der Waals surface area contributed by atoms with Gasteiger partial charge in [0.05, 0.1) is 18.9 Å². The lowest BCUT2D eigenvalue weighted by atomic mass is 10.1. The van der Waals surface area contributed by atoms with E-state index in [1.807, 2.05) is 24.3 Å². The largest absolute Gasteiger partial charge is 0.491 e. The van der Waals surface area contributed by atoms with Crippen molar-refractivity contribution in [2.24, 2.45) is 0 Å². The van der Waals surface area contributed by atoms with Crippen LogP contribution in [0.15, 0.2) is 48.5 Å². The number of anilines is 1. The van der Waals surface area contributed by atoms with Gasteiger partial charge in [0.15, 0.2) is 0 Å². The van der Waals surface area contributed by atoms with E-state index in [4.69, 9.17) is 9.47 Å². The summed E-state index contributed by atoms with van der Waals surface area (Å²) < 4.78 is 10.9. The van der Waals surface area contributed by atoms with Crippen LogP contribution in [0.4, 0.5) is 5.69 Å². The fraction of sp³-hybridized carbons (Fsp3) is 0.333. The first-order valence-corrected chi connectivity index (χ1v) is 7.36. The summed E-state index contributed by atoms with van der Waals surface area (Å²) in [6.45, 7) is 4.26. The van der Waals surface area contributed by atoms with Crippen LogP contribution in [0.5, 0.6) is 5.75 Å². The minimum atomic E-state index is 0.643. The summed E-state index contributed by atoms with van der Waals surface area (Å²) >= 11 is 0. The van der Waals surface area contributed by atoms with Crippen molar-refractivity contribution >= 4 is 5.69 Å². The quantitative estimate of drug-likeness (QED) is 0.787. The van der Waals surface area contributed by atoms with Gasteiger partial charge in [-0.1, -0.05) is 43.3 Å². The Morgan fingerprint density at radius 3 is 2.62 bits per heavy atom. The highest BCUT2D eigenvalue weighted by atomic mass is 16.5. The van der Waals surface area contributed by atoms with Crippen LogP contribution in [0, 0.1) is 0 Å². The van der Waals surface area contributed by atoms with E-state index >= 15 is 0 Å². The SMILES string of the molecule is CCCOc1ccccc1NCc1cccc(COC)c1. The third kappa shape index (κ3) is 4.80. The molecule has 0 fully saturated rings. The van der Waals surface area contributed by atoms with Gasteiger partial charge in [-0.05, 0) is 29.7 Å². The Morgan fingerprint density at radius 1 is 1.00 bits per heavy atom. The van der Waals surface area contributed by atoms with Gasteiger partial charge in [-0.3, -0.25) is 0 Å². The Balaban J connectivity index is 2.00. The molecule has 112 valence electrons. The lowest BCUT2D eigenvalue weighted by Crippen LogP contribution is -2.04. The highest BCUT2D eigenvalue weighted by Gasteiger charge is 2.02. The Hall–Kier alpha value is -2.00. The summed E-state index contributed by atoms with van der Waals surface area (Å²) in [5, 5.41) is 3.44.